The van der Waals surface area contributed by atoms with Gasteiger partial charge >= 0.3 is 5.97 Å². The van der Waals surface area contributed by atoms with Crippen LogP contribution >= 0.6 is 11.6 Å². The van der Waals surface area contributed by atoms with Crippen LogP contribution < -0.4 is 0 Å². The molecule has 0 aliphatic carbocycles. The molecule has 1 aromatic rings. The first-order valence-corrected chi connectivity index (χ1v) is 6.95. The highest BCUT2D eigenvalue weighted by Crippen LogP contribution is 2.12. The Labute approximate surface area is 124 Å². The maximum Gasteiger partial charge on any atom is 0.338 e. The number of hydrogen-bond acceptors (Lipinski definition) is 5. The molecule has 0 amide bonds. The number of hydrogen-bond donors (Lipinski definition) is 0. The number of aromatic nitrogens is 1. The zero-order chi connectivity index (χ0) is 14.8. The second-order valence-corrected chi connectivity index (χ2v) is 4.51. The van der Waals surface area contributed by atoms with E-state index in [0.29, 0.717) is 37.0 Å². The number of ether oxygens (including phenoxy) is 3. The molecule has 0 saturated carbocycles. The fourth-order valence-electron chi connectivity index (χ4n) is 1.53. The van der Waals surface area contributed by atoms with Gasteiger partial charge in [-0.15, -0.1) is 0 Å². The molecule has 1 rings (SSSR count). The van der Waals surface area contributed by atoms with Crippen LogP contribution in [-0.4, -0.2) is 44.5 Å². The van der Waals surface area contributed by atoms with Gasteiger partial charge in [0.15, 0.2) is 0 Å². The number of pyridine rings is 1. The number of carbonyl (C=O) groups is 1. The van der Waals surface area contributed by atoms with Gasteiger partial charge in [-0.2, -0.15) is 0 Å². The SMILES string of the molecule is CCc1cc(C(=O)OCCOCCCOC)cc(Cl)n1. The van der Waals surface area contributed by atoms with Crippen molar-refractivity contribution < 1.29 is 19.0 Å². The van der Waals surface area contributed by atoms with E-state index >= 15 is 0 Å². The minimum absolute atomic E-state index is 0.215. The van der Waals surface area contributed by atoms with Gasteiger partial charge in [-0.05, 0) is 25.0 Å². The average Bonchev–Trinajstić information content (AvgIpc) is 2.45. The summed E-state index contributed by atoms with van der Waals surface area (Å²) in [5.74, 6) is -0.413. The van der Waals surface area contributed by atoms with Crippen LogP contribution in [0.5, 0.6) is 0 Å². The summed E-state index contributed by atoms with van der Waals surface area (Å²) in [7, 11) is 1.65. The minimum Gasteiger partial charge on any atom is -0.460 e. The predicted octanol–water partition coefficient (Wildman–Crippen LogP) is 2.51. The molecule has 0 unspecified atom stereocenters. The first-order valence-electron chi connectivity index (χ1n) is 6.57. The summed E-state index contributed by atoms with van der Waals surface area (Å²) >= 11 is 5.85. The maximum atomic E-state index is 11.8. The van der Waals surface area contributed by atoms with Crippen LogP contribution in [0.4, 0.5) is 0 Å². The Kier molecular flexibility index (Phi) is 8.18. The molecule has 0 aliphatic rings. The molecular formula is C14H20ClNO4. The minimum atomic E-state index is -0.413. The summed E-state index contributed by atoms with van der Waals surface area (Å²) < 4.78 is 15.3. The van der Waals surface area contributed by atoms with Crippen LogP contribution in [0.15, 0.2) is 12.1 Å². The van der Waals surface area contributed by atoms with Crippen molar-refractivity contribution in [3.05, 3.63) is 28.5 Å². The van der Waals surface area contributed by atoms with E-state index in [0.717, 1.165) is 12.1 Å². The topological polar surface area (TPSA) is 57.7 Å². The van der Waals surface area contributed by atoms with Crippen molar-refractivity contribution in [3.63, 3.8) is 0 Å². The fourth-order valence-corrected chi connectivity index (χ4v) is 1.76. The van der Waals surface area contributed by atoms with Gasteiger partial charge in [0.05, 0.1) is 12.2 Å². The Morgan fingerprint density at radius 1 is 1.25 bits per heavy atom. The number of nitrogens with zero attached hydrogens (tertiary/aromatic N) is 1. The molecule has 6 heteroatoms. The van der Waals surface area contributed by atoms with E-state index < -0.39 is 5.97 Å². The first kappa shape index (κ1) is 16.9. The van der Waals surface area contributed by atoms with Gasteiger partial charge in [-0.1, -0.05) is 18.5 Å². The lowest BCUT2D eigenvalue weighted by molar-refractivity contribution is 0.0288. The lowest BCUT2D eigenvalue weighted by atomic mass is 10.2. The predicted molar refractivity (Wildman–Crippen MR) is 76.2 cm³/mol. The normalized spacial score (nSPS) is 10.6. The molecule has 0 aliphatic heterocycles. The Balaban J connectivity index is 2.30. The largest absolute Gasteiger partial charge is 0.460 e. The van der Waals surface area contributed by atoms with E-state index in [1.165, 1.54) is 6.07 Å². The first-order chi connectivity index (χ1) is 9.67. The summed E-state index contributed by atoms with van der Waals surface area (Å²) in [4.78, 5) is 15.9. The van der Waals surface area contributed by atoms with Crippen molar-refractivity contribution in [1.29, 1.82) is 0 Å². The van der Waals surface area contributed by atoms with Gasteiger partial charge in [0.1, 0.15) is 11.8 Å². The van der Waals surface area contributed by atoms with Crippen LogP contribution in [0.1, 0.15) is 29.4 Å². The molecule has 1 aromatic heterocycles. The van der Waals surface area contributed by atoms with E-state index in [-0.39, 0.29) is 6.61 Å². The molecule has 0 saturated heterocycles. The number of esters is 1. The number of rotatable bonds is 9. The van der Waals surface area contributed by atoms with Crippen molar-refractivity contribution in [2.24, 2.45) is 0 Å². The zero-order valence-electron chi connectivity index (χ0n) is 11.9. The second-order valence-electron chi connectivity index (χ2n) is 4.12. The number of methoxy groups -OCH3 is 1. The zero-order valence-corrected chi connectivity index (χ0v) is 12.6. The summed E-state index contributed by atoms with van der Waals surface area (Å²) in [6.07, 6.45) is 1.54. The van der Waals surface area contributed by atoms with E-state index in [2.05, 4.69) is 4.98 Å². The third-order valence-corrected chi connectivity index (χ3v) is 2.74. The van der Waals surface area contributed by atoms with Crippen LogP contribution in [-0.2, 0) is 20.6 Å². The van der Waals surface area contributed by atoms with E-state index in [4.69, 9.17) is 25.8 Å². The molecule has 20 heavy (non-hydrogen) atoms. The molecule has 0 bridgehead atoms. The second kappa shape index (κ2) is 9.69. The molecular weight excluding hydrogens is 282 g/mol. The number of carbonyl (C=O) groups excluding carboxylic acids is 1. The van der Waals surface area contributed by atoms with Crippen molar-refractivity contribution in [2.75, 3.05) is 33.5 Å². The highest BCUT2D eigenvalue weighted by Gasteiger charge is 2.10. The van der Waals surface area contributed by atoms with E-state index in [1.807, 2.05) is 6.92 Å². The van der Waals surface area contributed by atoms with E-state index in [1.54, 1.807) is 13.2 Å². The fraction of sp³-hybridized carbons (Fsp3) is 0.571. The molecule has 0 N–H and O–H groups in total. The summed E-state index contributed by atoms with van der Waals surface area (Å²) in [6.45, 7) is 3.78. The Morgan fingerprint density at radius 3 is 2.75 bits per heavy atom. The molecule has 112 valence electrons. The van der Waals surface area contributed by atoms with Crippen LogP contribution in [0.2, 0.25) is 5.15 Å². The lowest BCUT2D eigenvalue weighted by Gasteiger charge is -2.07. The Morgan fingerprint density at radius 2 is 2.05 bits per heavy atom. The molecule has 5 nitrogen and oxygen atoms in total. The quantitative estimate of drug-likeness (QED) is 0.398. The van der Waals surface area contributed by atoms with Gasteiger partial charge in [-0.25, -0.2) is 9.78 Å². The third-order valence-electron chi connectivity index (χ3n) is 2.54. The van der Waals surface area contributed by atoms with Crippen LogP contribution in [0, 0.1) is 0 Å². The molecule has 1 heterocycles. The highest BCUT2D eigenvalue weighted by molar-refractivity contribution is 6.29. The third kappa shape index (κ3) is 6.32. The monoisotopic (exact) mass is 301 g/mol. The highest BCUT2D eigenvalue weighted by atomic mass is 35.5. The van der Waals surface area contributed by atoms with Crippen molar-refractivity contribution in [3.8, 4) is 0 Å². The maximum absolute atomic E-state index is 11.8. The van der Waals surface area contributed by atoms with Gasteiger partial charge in [0, 0.05) is 26.0 Å². The van der Waals surface area contributed by atoms with Gasteiger partial charge < -0.3 is 14.2 Å². The molecule has 0 fully saturated rings. The number of aryl methyl sites for hydroxylation is 1. The van der Waals surface area contributed by atoms with Gasteiger partial charge in [0.25, 0.3) is 0 Å². The van der Waals surface area contributed by atoms with Crippen LogP contribution in [0.3, 0.4) is 0 Å². The summed E-state index contributed by atoms with van der Waals surface area (Å²) in [5, 5.41) is 0.298. The average molecular weight is 302 g/mol. The van der Waals surface area contributed by atoms with Gasteiger partial charge in [0.2, 0.25) is 0 Å². The Bertz CT molecular complexity index is 426. The number of halogens is 1. The van der Waals surface area contributed by atoms with Crippen LogP contribution in [0.25, 0.3) is 0 Å². The molecule has 0 radical (unpaired) electrons. The summed E-state index contributed by atoms with van der Waals surface area (Å²) in [6, 6.07) is 3.19. The van der Waals surface area contributed by atoms with Crippen molar-refractivity contribution in [2.45, 2.75) is 19.8 Å². The van der Waals surface area contributed by atoms with Gasteiger partial charge in [-0.3, -0.25) is 0 Å². The summed E-state index contributed by atoms with van der Waals surface area (Å²) in [5.41, 5.74) is 1.18. The van der Waals surface area contributed by atoms with E-state index in [9.17, 15) is 4.79 Å². The smallest absolute Gasteiger partial charge is 0.338 e. The molecule has 0 atom stereocenters. The van der Waals surface area contributed by atoms with Crippen molar-refractivity contribution >= 4 is 17.6 Å². The molecule has 0 aromatic carbocycles. The van der Waals surface area contributed by atoms with Crippen molar-refractivity contribution in [1.82, 2.24) is 4.98 Å². The molecule has 0 spiro atoms. The Hall–Kier alpha value is -1.17. The lowest BCUT2D eigenvalue weighted by Crippen LogP contribution is -2.12. The standard InChI is InChI=1S/C14H20ClNO4/c1-3-12-9-11(10-13(15)16-12)14(17)20-8-7-19-6-4-5-18-2/h9-10H,3-8H2,1-2H3.